The second-order valence-electron chi connectivity index (χ2n) is 8.93. The Bertz CT molecular complexity index is 622. The van der Waals surface area contributed by atoms with Gasteiger partial charge >= 0.3 is 0 Å². The fourth-order valence-corrected chi connectivity index (χ4v) is 5.04. The number of nitrogens with zero attached hydrogens (tertiary/aromatic N) is 1. The van der Waals surface area contributed by atoms with Crippen LogP contribution in [0.15, 0.2) is 18.2 Å². The molecule has 1 heterocycles. The van der Waals surface area contributed by atoms with Gasteiger partial charge in [0.15, 0.2) is 5.78 Å². The van der Waals surface area contributed by atoms with Crippen LogP contribution in [0.25, 0.3) is 0 Å². The van der Waals surface area contributed by atoms with Gasteiger partial charge in [0.05, 0.1) is 0 Å². The number of carbonyl (C=O) groups excluding carboxylic acids is 1. The van der Waals surface area contributed by atoms with Crippen LogP contribution in [0.5, 0.6) is 0 Å². The van der Waals surface area contributed by atoms with Crippen molar-refractivity contribution >= 4 is 11.5 Å². The Balaban J connectivity index is 1.63. The summed E-state index contributed by atoms with van der Waals surface area (Å²) in [5.41, 5.74) is 9.29. The van der Waals surface area contributed by atoms with Crippen LogP contribution in [0.2, 0.25) is 0 Å². The Labute approximate surface area is 140 Å². The molecule has 2 bridgehead atoms. The summed E-state index contributed by atoms with van der Waals surface area (Å²) in [4.78, 5) is 15.0. The first-order valence-corrected chi connectivity index (χ1v) is 8.81. The van der Waals surface area contributed by atoms with E-state index < -0.39 is 0 Å². The number of rotatable bonds is 4. The summed E-state index contributed by atoms with van der Waals surface area (Å²) in [6.07, 6.45) is 4.45. The molecule has 2 N–H and O–H groups in total. The quantitative estimate of drug-likeness (QED) is 0.673. The third-order valence-corrected chi connectivity index (χ3v) is 5.75. The van der Waals surface area contributed by atoms with Gasteiger partial charge in [-0.05, 0) is 48.6 Å². The zero-order chi connectivity index (χ0) is 16.8. The van der Waals surface area contributed by atoms with E-state index in [2.05, 4.69) is 25.7 Å². The van der Waals surface area contributed by atoms with Crippen molar-refractivity contribution in [3.63, 3.8) is 0 Å². The average Bonchev–Trinajstić information content (AvgIpc) is 2.67. The van der Waals surface area contributed by atoms with Crippen LogP contribution in [0.1, 0.15) is 62.4 Å². The first-order chi connectivity index (χ1) is 10.7. The van der Waals surface area contributed by atoms with Gasteiger partial charge in [0.1, 0.15) is 0 Å². The molecule has 0 spiro atoms. The van der Waals surface area contributed by atoms with Crippen molar-refractivity contribution in [3.8, 4) is 0 Å². The van der Waals surface area contributed by atoms with Gasteiger partial charge in [-0.15, -0.1) is 0 Å². The van der Waals surface area contributed by atoms with Gasteiger partial charge < -0.3 is 5.73 Å². The van der Waals surface area contributed by atoms with Crippen LogP contribution in [-0.2, 0) is 0 Å². The SMILES string of the molecule is Cc1ccc(C(=O)CCN2CC3(C)CC2CC(C)(C)C3)cc1N. The van der Waals surface area contributed by atoms with E-state index in [9.17, 15) is 4.79 Å². The van der Waals surface area contributed by atoms with Gasteiger partial charge in [-0.2, -0.15) is 0 Å². The predicted octanol–water partition coefficient (Wildman–Crippen LogP) is 4.05. The zero-order valence-electron chi connectivity index (χ0n) is 15.0. The van der Waals surface area contributed by atoms with Crippen LogP contribution in [0, 0.1) is 17.8 Å². The van der Waals surface area contributed by atoms with E-state index in [4.69, 9.17) is 5.73 Å². The highest BCUT2D eigenvalue weighted by atomic mass is 16.1. The molecule has 0 radical (unpaired) electrons. The summed E-state index contributed by atoms with van der Waals surface area (Å²) in [6, 6.07) is 6.32. The Hall–Kier alpha value is -1.35. The second kappa shape index (κ2) is 5.62. The number of Topliss-reactive ketones (excluding diaryl/α,β-unsaturated/α-hetero) is 1. The maximum atomic E-state index is 12.5. The van der Waals surface area contributed by atoms with Crippen molar-refractivity contribution in [2.24, 2.45) is 10.8 Å². The molecule has 1 aliphatic heterocycles. The molecule has 3 nitrogen and oxygen atoms in total. The van der Waals surface area contributed by atoms with Crippen molar-refractivity contribution in [1.82, 2.24) is 4.90 Å². The third-order valence-electron chi connectivity index (χ3n) is 5.75. The monoisotopic (exact) mass is 314 g/mol. The van der Waals surface area contributed by atoms with E-state index in [0.717, 1.165) is 24.2 Å². The molecule has 3 heteroatoms. The molecular formula is C20H30N2O. The minimum absolute atomic E-state index is 0.211. The van der Waals surface area contributed by atoms with Crippen LogP contribution >= 0.6 is 0 Å². The van der Waals surface area contributed by atoms with E-state index in [1.807, 2.05) is 25.1 Å². The number of anilines is 1. The van der Waals surface area contributed by atoms with Gasteiger partial charge in [-0.3, -0.25) is 9.69 Å². The minimum atomic E-state index is 0.211. The van der Waals surface area contributed by atoms with E-state index in [-0.39, 0.29) is 5.78 Å². The molecule has 3 rings (SSSR count). The van der Waals surface area contributed by atoms with Gasteiger partial charge in [-0.25, -0.2) is 0 Å². The van der Waals surface area contributed by atoms with E-state index in [1.54, 1.807) is 0 Å². The van der Waals surface area contributed by atoms with Gasteiger partial charge in [0, 0.05) is 36.8 Å². The molecule has 1 aromatic carbocycles. The molecule has 1 saturated heterocycles. The topological polar surface area (TPSA) is 46.3 Å². The molecule has 1 saturated carbocycles. The number of aryl methyl sites for hydroxylation is 1. The number of nitrogen functional groups attached to an aromatic ring is 1. The summed E-state index contributed by atoms with van der Waals surface area (Å²) < 4.78 is 0. The molecule has 1 aromatic rings. The number of benzene rings is 1. The highest BCUT2D eigenvalue weighted by molar-refractivity contribution is 5.97. The van der Waals surface area contributed by atoms with Crippen molar-refractivity contribution in [1.29, 1.82) is 0 Å². The van der Waals surface area contributed by atoms with Crippen LogP contribution < -0.4 is 5.73 Å². The Morgan fingerprint density at radius 3 is 2.74 bits per heavy atom. The lowest BCUT2D eigenvalue weighted by atomic mass is 9.65. The summed E-state index contributed by atoms with van der Waals surface area (Å²) in [5, 5.41) is 0. The lowest BCUT2D eigenvalue weighted by molar-refractivity contribution is 0.0954. The average molecular weight is 314 g/mol. The minimum Gasteiger partial charge on any atom is -0.398 e. The summed E-state index contributed by atoms with van der Waals surface area (Å²) in [7, 11) is 0. The Morgan fingerprint density at radius 1 is 1.30 bits per heavy atom. The molecule has 126 valence electrons. The fraction of sp³-hybridized carbons (Fsp3) is 0.650. The number of likely N-dealkylation sites (tertiary alicyclic amines) is 1. The maximum absolute atomic E-state index is 12.5. The molecule has 2 atom stereocenters. The van der Waals surface area contributed by atoms with Crippen molar-refractivity contribution in [2.75, 3.05) is 18.8 Å². The second-order valence-corrected chi connectivity index (χ2v) is 8.93. The Morgan fingerprint density at radius 2 is 2.04 bits per heavy atom. The Kier molecular flexibility index (Phi) is 4.04. The van der Waals surface area contributed by atoms with Gasteiger partial charge in [0.2, 0.25) is 0 Å². The molecule has 2 unspecified atom stereocenters. The standard InChI is InChI=1S/C20H30N2O/c1-14-5-6-15(9-17(14)21)18(23)7-8-22-13-20(4)11-16(22)10-19(2,3)12-20/h5-6,9,16H,7-8,10-13,21H2,1-4H3. The lowest BCUT2D eigenvalue weighted by Crippen LogP contribution is -2.35. The summed E-state index contributed by atoms with van der Waals surface area (Å²) in [5.74, 6) is 0.211. The van der Waals surface area contributed by atoms with Crippen LogP contribution in [0.3, 0.4) is 0 Å². The van der Waals surface area contributed by atoms with E-state index in [1.165, 1.54) is 19.3 Å². The van der Waals surface area contributed by atoms with E-state index in [0.29, 0.717) is 29.0 Å². The first-order valence-electron chi connectivity index (χ1n) is 8.81. The van der Waals surface area contributed by atoms with Crippen molar-refractivity contribution in [2.45, 2.75) is 59.4 Å². The van der Waals surface area contributed by atoms with Crippen molar-refractivity contribution in [3.05, 3.63) is 29.3 Å². The number of nitrogens with two attached hydrogens (primary N) is 1. The normalized spacial score (nSPS) is 29.7. The maximum Gasteiger partial charge on any atom is 0.164 e. The highest BCUT2D eigenvalue weighted by Crippen LogP contribution is 2.52. The molecule has 1 aliphatic carbocycles. The molecule has 2 fully saturated rings. The van der Waals surface area contributed by atoms with Crippen LogP contribution in [-0.4, -0.2) is 29.8 Å². The molecule has 0 amide bonds. The number of hydrogen-bond donors (Lipinski definition) is 1. The molecular weight excluding hydrogens is 284 g/mol. The molecule has 0 aromatic heterocycles. The van der Waals surface area contributed by atoms with E-state index >= 15 is 0 Å². The summed E-state index contributed by atoms with van der Waals surface area (Å²) >= 11 is 0. The highest BCUT2D eigenvalue weighted by Gasteiger charge is 2.49. The predicted molar refractivity (Wildman–Crippen MR) is 95.6 cm³/mol. The number of ketones is 1. The van der Waals surface area contributed by atoms with Crippen molar-refractivity contribution < 1.29 is 4.79 Å². The van der Waals surface area contributed by atoms with Crippen LogP contribution in [0.4, 0.5) is 5.69 Å². The lowest BCUT2D eigenvalue weighted by Gasteiger charge is -2.39. The summed E-state index contributed by atoms with van der Waals surface area (Å²) in [6.45, 7) is 11.2. The smallest absolute Gasteiger partial charge is 0.164 e. The molecule has 2 aliphatic rings. The molecule has 23 heavy (non-hydrogen) atoms. The largest absolute Gasteiger partial charge is 0.398 e. The number of carbonyl (C=O) groups is 1. The third kappa shape index (κ3) is 3.45. The number of hydrogen-bond acceptors (Lipinski definition) is 3. The zero-order valence-corrected chi connectivity index (χ0v) is 15.0. The fourth-order valence-electron chi connectivity index (χ4n) is 5.04. The number of fused-ring (bicyclic) bond motifs is 2. The van der Waals surface area contributed by atoms with Gasteiger partial charge in [0.25, 0.3) is 0 Å². The first kappa shape index (κ1) is 16.5. The van der Waals surface area contributed by atoms with Gasteiger partial charge in [-0.1, -0.05) is 32.9 Å².